The molecular weight excluding hydrogens is 184 g/mol. The van der Waals surface area contributed by atoms with Gasteiger partial charge in [-0.05, 0) is 12.8 Å². The number of carboxylic acids is 1. The van der Waals surface area contributed by atoms with Gasteiger partial charge in [-0.1, -0.05) is 0 Å². The van der Waals surface area contributed by atoms with Gasteiger partial charge in [0.1, 0.15) is 12.2 Å². The molecule has 1 aliphatic carbocycles. The average Bonchev–Trinajstić information content (AvgIpc) is 2.86. The molecule has 0 bridgehead atoms. The van der Waals surface area contributed by atoms with E-state index in [1.54, 1.807) is 11.6 Å². The maximum atomic E-state index is 10.5. The number of hydrogen-bond donors (Lipinski definition) is 2. The van der Waals surface area contributed by atoms with Crippen LogP contribution >= 0.6 is 0 Å². The van der Waals surface area contributed by atoms with E-state index in [2.05, 4.69) is 15.5 Å². The van der Waals surface area contributed by atoms with Crippen LogP contribution in [0.5, 0.6) is 0 Å². The van der Waals surface area contributed by atoms with Gasteiger partial charge < -0.3 is 15.0 Å². The zero-order valence-corrected chi connectivity index (χ0v) is 7.90. The van der Waals surface area contributed by atoms with Gasteiger partial charge in [0.25, 0.3) is 0 Å². The number of anilines is 1. The van der Waals surface area contributed by atoms with Crippen molar-refractivity contribution < 1.29 is 9.90 Å². The molecule has 0 unspecified atom stereocenters. The van der Waals surface area contributed by atoms with Crippen molar-refractivity contribution in [3.63, 3.8) is 0 Å². The molecule has 1 heterocycles. The maximum absolute atomic E-state index is 10.5. The average molecular weight is 196 g/mol. The van der Waals surface area contributed by atoms with Crippen molar-refractivity contribution in [1.29, 1.82) is 0 Å². The molecule has 0 spiro atoms. The van der Waals surface area contributed by atoms with Crippen LogP contribution in [0.25, 0.3) is 0 Å². The highest BCUT2D eigenvalue weighted by Crippen LogP contribution is 2.23. The summed E-state index contributed by atoms with van der Waals surface area (Å²) < 4.78 is 1.69. The van der Waals surface area contributed by atoms with Gasteiger partial charge >= 0.3 is 5.97 Å². The van der Waals surface area contributed by atoms with E-state index in [1.165, 1.54) is 0 Å². The monoisotopic (exact) mass is 196 g/mol. The number of hydrogen-bond acceptors (Lipinski definition) is 4. The van der Waals surface area contributed by atoms with Gasteiger partial charge in [-0.15, -0.1) is 10.2 Å². The largest absolute Gasteiger partial charge is 0.481 e. The first-order valence-corrected chi connectivity index (χ1v) is 4.53. The second-order valence-corrected chi connectivity index (χ2v) is 3.49. The van der Waals surface area contributed by atoms with Crippen LogP contribution in [0.4, 0.5) is 5.95 Å². The Labute approximate surface area is 80.9 Å². The molecule has 2 N–H and O–H groups in total. The lowest BCUT2D eigenvalue weighted by atomic mass is 10.4. The summed E-state index contributed by atoms with van der Waals surface area (Å²) in [6, 6.07) is 0.496. The van der Waals surface area contributed by atoms with Gasteiger partial charge in [0.05, 0.1) is 0 Å². The highest BCUT2D eigenvalue weighted by atomic mass is 16.4. The fraction of sp³-hybridized carbons (Fsp3) is 0.625. The number of nitrogens with zero attached hydrogens (tertiary/aromatic N) is 3. The van der Waals surface area contributed by atoms with E-state index in [4.69, 9.17) is 5.11 Å². The molecule has 1 aromatic heterocycles. The number of carbonyl (C=O) groups is 1. The van der Waals surface area contributed by atoms with E-state index < -0.39 is 5.97 Å². The Morgan fingerprint density at radius 1 is 1.64 bits per heavy atom. The van der Waals surface area contributed by atoms with Gasteiger partial charge in [0.2, 0.25) is 5.95 Å². The van der Waals surface area contributed by atoms with Crippen molar-refractivity contribution in [2.24, 2.45) is 7.05 Å². The van der Waals surface area contributed by atoms with Crippen LogP contribution in [0.3, 0.4) is 0 Å². The van der Waals surface area contributed by atoms with Gasteiger partial charge in [-0.2, -0.15) is 0 Å². The summed E-state index contributed by atoms with van der Waals surface area (Å²) in [6.45, 7) is 0. The van der Waals surface area contributed by atoms with E-state index in [0.29, 0.717) is 17.8 Å². The third kappa shape index (κ3) is 1.84. The molecule has 0 aromatic carbocycles. The highest BCUT2D eigenvalue weighted by Gasteiger charge is 2.23. The Morgan fingerprint density at radius 2 is 2.36 bits per heavy atom. The second kappa shape index (κ2) is 3.28. The summed E-state index contributed by atoms with van der Waals surface area (Å²) in [5, 5.41) is 19.5. The molecule has 1 saturated carbocycles. The molecule has 0 atom stereocenters. The summed E-state index contributed by atoms with van der Waals surface area (Å²) in [4.78, 5) is 10.5. The van der Waals surface area contributed by atoms with Crippen molar-refractivity contribution >= 4 is 11.9 Å². The topological polar surface area (TPSA) is 80.0 Å². The number of nitrogens with one attached hydrogen (secondary N) is 1. The number of rotatable bonds is 4. The van der Waals surface area contributed by atoms with Crippen molar-refractivity contribution in [1.82, 2.24) is 14.8 Å². The molecule has 6 nitrogen and oxygen atoms in total. The Hall–Kier alpha value is -1.59. The lowest BCUT2D eigenvalue weighted by molar-refractivity contribution is -0.136. The normalized spacial score (nSPS) is 15.5. The Bertz CT molecular complexity index is 356. The smallest absolute Gasteiger partial charge is 0.311 e. The number of aromatic nitrogens is 3. The molecule has 2 rings (SSSR count). The summed E-state index contributed by atoms with van der Waals surface area (Å²) >= 11 is 0. The van der Waals surface area contributed by atoms with E-state index in [-0.39, 0.29) is 6.42 Å². The summed E-state index contributed by atoms with van der Waals surface area (Å²) in [5.74, 6) is 0.239. The first-order chi connectivity index (χ1) is 6.66. The van der Waals surface area contributed by atoms with Crippen LogP contribution < -0.4 is 5.32 Å². The predicted molar refractivity (Wildman–Crippen MR) is 49.0 cm³/mol. The molecule has 6 heteroatoms. The van der Waals surface area contributed by atoms with Crippen molar-refractivity contribution in [2.45, 2.75) is 25.3 Å². The third-order valence-electron chi connectivity index (χ3n) is 2.18. The number of carboxylic acid groups (broad SMARTS) is 1. The van der Waals surface area contributed by atoms with Crippen molar-refractivity contribution in [2.75, 3.05) is 5.32 Å². The zero-order chi connectivity index (χ0) is 10.1. The molecule has 76 valence electrons. The molecule has 1 aromatic rings. The van der Waals surface area contributed by atoms with Crippen LogP contribution in [0.1, 0.15) is 18.7 Å². The molecule has 1 aliphatic rings. The standard InChI is InChI=1S/C8H12N4O2/c1-12-6(4-7(13)14)10-11-8(12)9-5-2-3-5/h5H,2-4H2,1H3,(H,9,11)(H,13,14). The van der Waals surface area contributed by atoms with Gasteiger partial charge in [-0.3, -0.25) is 4.79 Å². The minimum Gasteiger partial charge on any atom is -0.481 e. The summed E-state index contributed by atoms with van der Waals surface area (Å²) in [6.07, 6.45) is 2.22. The highest BCUT2D eigenvalue weighted by molar-refractivity contribution is 5.69. The lowest BCUT2D eigenvalue weighted by Gasteiger charge is -2.03. The summed E-state index contributed by atoms with van der Waals surface area (Å²) in [7, 11) is 1.77. The Morgan fingerprint density at radius 3 is 2.93 bits per heavy atom. The molecular formula is C8H12N4O2. The zero-order valence-electron chi connectivity index (χ0n) is 7.90. The van der Waals surface area contributed by atoms with Crippen LogP contribution in [-0.2, 0) is 18.3 Å². The SMILES string of the molecule is Cn1c(CC(=O)O)nnc1NC1CC1. The molecule has 0 amide bonds. The maximum Gasteiger partial charge on any atom is 0.311 e. The molecule has 0 aliphatic heterocycles. The molecule has 0 radical (unpaired) electrons. The predicted octanol–water partition coefficient (Wildman–Crippen LogP) is 0.0165. The van der Waals surface area contributed by atoms with E-state index in [9.17, 15) is 4.79 Å². The lowest BCUT2D eigenvalue weighted by Crippen LogP contribution is -2.10. The fourth-order valence-electron chi connectivity index (χ4n) is 1.19. The summed E-state index contributed by atoms with van der Waals surface area (Å²) in [5.41, 5.74) is 0. The first-order valence-electron chi connectivity index (χ1n) is 4.53. The molecule has 0 saturated heterocycles. The molecule has 1 fully saturated rings. The van der Waals surface area contributed by atoms with E-state index in [0.717, 1.165) is 12.8 Å². The van der Waals surface area contributed by atoms with Crippen LogP contribution in [0.2, 0.25) is 0 Å². The Kier molecular flexibility index (Phi) is 2.11. The Balaban J connectivity index is 2.09. The van der Waals surface area contributed by atoms with Crippen molar-refractivity contribution in [3.05, 3.63) is 5.82 Å². The first kappa shape index (κ1) is 8.98. The fourth-order valence-corrected chi connectivity index (χ4v) is 1.19. The second-order valence-electron chi connectivity index (χ2n) is 3.49. The van der Waals surface area contributed by atoms with Gasteiger partial charge in [0, 0.05) is 13.1 Å². The van der Waals surface area contributed by atoms with Gasteiger partial charge in [0.15, 0.2) is 0 Å². The van der Waals surface area contributed by atoms with Crippen LogP contribution in [0.15, 0.2) is 0 Å². The quantitative estimate of drug-likeness (QED) is 0.709. The minimum atomic E-state index is -0.890. The van der Waals surface area contributed by atoms with E-state index in [1.807, 2.05) is 0 Å². The van der Waals surface area contributed by atoms with Gasteiger partial charge in [-0.25, -0.2) is 0 Å². The number of aliphatic carboxylic acids is 1. The van der Waals surface area contributed by atoms with Crippen LogP contribution in [0, 0.1) is 0 Å². The third-order valence-corrected chi connectivity index (χ3v) is 2.18. The minimum absolute atomic E-state index is 0.0875. The van der Waals surface area contributed by atoms with Crippen molar-refractivity contribution in [3.8, 4) is 0 Å². The van der Waals surface area contributed by atoms with Crippen LogP contribution in [-0.4, -0.2) is 31.9 Å². The van der Waals surface area contributed by atoms with E-state index >= 15 is 0 Å². The molecule has 14 heavy (non-hydrogen) atoms.